The van der Waals surface area contributed by atoms with Gasteiger partial charge in [-0.2, -0.15) is 0 Å². The lowest BCUT2D eigenvalue weighted by Crippen LogP contribution is -2.14. The van der Waals surface area contributed by atoms with Crippen LogP contribution < -0.4 is 4.72 Å². The zero-order chi connectivity index (χ0) is 14.0. The summed E-state index contributed by atoms with van der Waals surface area (Å²) in [6.45, 7) is 0. The Bertz CT molecular complexity index is 724. The summed E-state index contributed by atoms with van der Waals surface area (Å²) in [7, 11) is -4.07. The van der Waals surface area contributed by atoms with Crippen LogP contribution in [0, 0.1) is 11.6 Å². The first-order chi connectivity index (χ1) is 8.88. The first kappa shape index (κ1) is 13.6. The molecular weight excluding hydrogens is 300 g/mol. The highest BCUT2D eigenvalue weighted by Gasteiger charge is 2.17. The summed E-state index contributed by atoms with van der Waals surface area (Å²) in [6, 6.07) is 3.40. The number of benzene rings is 1. The Hall–Kier alpha value is -1.80. The van der Waals surface area contributed by atoms with Crippen LogP contribution in [0.5, 0.6) is 0 Å². The highest BCUT2D eigenvalue weighted by atomic mass is 35.5. The summed E-state index contributed by atoms with van der Waals surface area (Å²) in [5.41, 5.74) is 0. The van der Waals surface area contributed by atoms with Crippen molar-refractivity contribution in [1.82, 2.24) is 9.97 Å². The molecular formula is C10H6ClF2N3O2S. The summed E-state index contributed by atoms with van der Waals surface area (Å²) in [5.74, 6) is -2.47. The molecule has 1 N–H and O–H groups in total. The van der Waals surface area contributed by atoms with Gasteiger partial charge >= 0.3 is 0 Å². The number of sulfonamides is 1. The Balaban J connectivity index is 2.35. The normalized spacial score (nSPS) is 11.3. The predicted molar refractivity (Wildman–Crippen MR) is 64.2 cm³/mol. The third kappa shape index (κ3) is 3.15. The monoisotopic (exact) mass is 305 g/mol. The molecule has 1 aromatic heterocycles. The number of rotatable bonds is 3. The highest BCUT2D eigenvalue weighted by molar-refractivity contribution is 7.92. The second-order valence-electron chi connectivity index (χ2n) is 3.41. The van der Waals surface area contributed by atoms with Crippen molar-refractivity contribution in [1.29, 1.82) is 0 Å². The van der Waals surface area contributed by atoms with E-state index < -0.39 is 26.6 Å². The molecule has 0 bridgehead atoms. The molecule has 0 aliphatic rings. The predicted octanol–water partition coefficient (Wildman–Crippen LogP) is 2.21. The van der Waals surface area contributed by atoms with Gasteiger partial charge in [-0.1, -0.05) is 11.6 Å². The van der Waals surface area contributed by atoms with Crippen LogP contribution in [-0.2, 0) is 10.0 Å². The fourth-order valence-electron chi connectivity index (χ4n) is 1.23. The minimum Gasteiger partial charge on any atom is -0.263 e. The average molecular weight is 306 g/mol. The van der Waals surface area contributed by atoms with Gasteiger partial charge in [-0.25, -0.2) is 27.2 Å². The Kier molecular flexibility index (Phi) is 3.63. The molecule has 1 heterocycles. The van der Waals surface area contributed by atoms with E-state index in [0.29, 0.717) is 6.07 Å². The first-order valence-electron chi connectivity index (χ1n) is 4.84. The molecule has 2 aromatic rings. The summed E-state index contributed by atoms with van der Waals surface area (Å²) < 4.78 is 51.6. The van der Waals surface area contributed by atoms with Crippen molar-refractivity contribution in [2.75, 3.05) is 4.72 Å². The number of nitrogens with one attached hydrogen (secondary N) is 1. The van der Waals surface area contributed by atoms with Crippen molar-refractivity contribution in [2.45, 2.75) is 4.90 Å². The molecule has 0 saturated heterocycles. The van der Waals surface area contributed by atoms with Crippen LogP contribution in [0.25, 0.3) is 0 Å². The number of nitrogens with zero attached hydrogens (tertiary/aromatic N) is 2. The van der Waals surface area contributed by atoms with E-state index in [2.05, 4.69) is 14.7 Å². The van der Waals surface area contributed by atoms with E-state index in [9.17, 15) is 17.2 Å². The molecule has 0 spiro atoms. The number of hydrogen-bond donors (Lipinski definition) is 1. The fraction of sp³-hybridized carbons (Fsp3) is 0. The number of aromatic nitrogens is 2. The Morgan fingerprint density at radius 1 is 1.11 bits per heavy atom. The number of halogens is 3. The number of hydrogen-bond acceptors (Lipinski definition) is 4. The standard InChI is InChI=1S/C10H6ClF2N3O2S/c11-9-4-10(15-5-14-9)16-19(17,18)6-1-2-7(12)8(13)3-6/h1-5H,(H,14,15,16). The van der Waals surface area contributed by atoms with Crippen LogP contribution >= 0.6 is 11.6 Å². The highest BCUT2D eigenvalue weighted by Crippen LogP contribution is 2.18. The second-order valence-corrected chi connectivity index (χ2v) is 5.48. The molecule has 0 atom stereocenters. The van der Waals surface area contributed by atoms with Crippen LogP contribution in [0.1, 0.15) is 0 Å². The van der Waals surface area contributed by atoms with E-state index in [1.807, 2.05) is 0 Å². The smallest absolute Gasteiger partial charge is 0.263 e. The quantitative estimate of drug-likeness (QED) is 0.883. The summed E-state index contributed by atoms with van der Waals surface area (Å²) in [6.07, 6.45) is 1.06. The van der Waals surface area contributed by atoms with Gasteiger partial charge in [-0.05, 0) is 18.2 Å². The zero-order valence-corrected chi connectivity index (χ0v) is 10.7. The van der Waals surface area contributed by atoms with Crippen molar-refractivity contribution in [3.8, 4) is 0 Å². The van der Waals surface area contributed by atoms with E-state index in [4.69, 9.17) is 11.6 Å². The third-order valence-electron chi connectivity index (χ3n) is 2.07. The van der Waals surface area contributed by atoms with Crippen LogP contribution in [-0.4, -0.2) is 18.4 Å². The molecule has 0 fully saturated rings. The van der Waals surface area contributed by atoms with E-state index in [0.717, 1.165) is 18.5 Å². The Labute approximate surface area is 112 Å². The lowest BCUT2D eigenvalue weighted by atomic mass is 10.3. The summed E-state index contributed by atoms with van der Waals surface area (Å²) >= 11 is 5.57. The van der Waals surface area contributed by atoms with Gasteiger partial charge in [0.2, 0.25) is 0 Å². The maximum absolute atomic E-state index is 13.0. The van der Waals surface area contributed by atoms with Crippen LogP contribution in [0.3, 0.4) is 0 Å². The summed E-state index contributed by atoms with van der Waals surface area (Å²) in [4.78, 5) is 6.79. The zero-order valence-electron chi connectivity index (χ0n) is 9.14. The largest absolute Gasteiger partial charge is 0.263 e. The minimum atomic E-state index is -4.07. The van der Waals surface area contributed by atoms with Crippen LogP contribution in [0.2, 0.25) is 5.15 Å². The van der Waals surface area contributed by atoms with Crippen molar-refractivity contribution < 1.29 is 17.2 Å². The van der Waals surface area contributed by atoms with Crippen molar-refractivity contribution in [3.05, 3.63) is 47.4 Å². The molecule has 2 rings (SSSR count). The van der Waals surface area contributed by atoms with E-state index >= 15 is 0 Å². The van der Waals surface area contributed by atoms with Gasteiger partial charge in [-0.3, -0.25) is 4.72 Å². The molecule has 9 heteroatoms. The van der Waals surface area contributed by atoms with Crippen molar-refractivity contribution >= 4 is 27.4 Å². The van der Waals surface area contributed by atoms with Gasteiger partial charge in [0.25, 0.3) is 10.0 Å². The Morgan fingerprint density at radius 3 is 2.47 bits per heavy atom. The van der Waals surface area contributed by atoms with E-state index in [-0.39, 0.29) is 11.0 Å². The molecule has 0 radical (unpaired) electrons. The lowest BCUT2D eigenvalue weighted by Gasteiger charge is -2.07. The molecule has 0 aliphatic carbocycles. The fourth-order valence-corrected chi connectivity index (χ4v) is 2.39. The lowest BCUT2D eigenvalue weighted by molar-refractivity contribution is 0.504. The Morgan fingerprint density at radius 2 is 1.84 bits per heavy atom. The van der Waals surface area contributed by atoms with Gasteiger partial charge in [-0.15, -0.1) is 0 Å². The van der Waals surface area contributed by atoms with E-state index in [1.165, 1.54) is 6.07 Å². The molecule has 0 aliphatic heterocycles. The molecule has 0 unspecified atom stereocenters. The van der Waals surface area contributed by atoms with E-state index in [1.54, 1.807) is 0 Å². The van der Waals surface area contributed by atoms with Gasteiger partial charge < -0.3 is 0 Å². The van der Waals surface area contributed by atoms with Gasteiger partial charge in [0.1, 0.15) is 17.3 Å². The number of anilines is 1. The SMILES string of the molecule is O=S(=O)(Nc1cc(Cl)ncn1)c1ccc(F)c(F)c1. The molecule has 0 saturated carbocycles. The van der Waals surface area contributed by atoms with Gasteiger partial charge in [0, 0.05) is 6.07 Å². The van der Waals surface area contributed by atoms with Gasteiger partial charge in [0.05, 0.1) is 4.90 Å². The topological polar surface area (TPSA) is 72.0 Å². The maximum atomic E-state index is 13.0. The molecule has 1 aromatic carbocycles. The van der Waals surface area contributed by atoms with Crippen molar-refractivity contribution in [2.24, 2.45) is 0 Å². The molecule has 5 nitrogen and oxygen atoms in total. The minimum absolute atomic E-state index is 0.0398. The third-order valence-corrected chi connectivity index (χ3v) is 3.63. The van der Waals surface area contributed by atoms with Gasteiger partial charge in [0.15, 0.2) is 11.6 Å². The summed E-state index contributed by atoms with van der Waals surface area (Å²) in [5, 5.41) is 0.0398. The molecule has 0 amide bonds. The van der Waals surface area contributed by atoms with Crippen molar-refractivity contribution in [3.63, 3.8) is 0 Å². The average Bonchev–Trinajstić information content (AvgIpc) is 2.32. The molecule has 100 valence electrons. The van der Waals surface area contributed by atoms with Crippen LogP contribution in [0.15, 0.2) is 35.5 Å². The van der Waals surface area contributed by atoms with Crippen LogP contribution in [0.4, 0.5) is 14.6 Å². The molecule has 19 heavy (non-hydrogen) atoms. The maximum Gasteiger partial charge on any atom is 0.263 e. The first-order valence-corrected chi connectivity index (χ1v) is 6.70. The second kappa shape index (κ2) is 5.06.